The highest BCUT2D eigenvalue weighted by atomic mass is 16.5. The van der Waals surface area contributed by atoms with Gasteiger partial charge in [0, 0.05) is 36.9 Å². The van der Waals surface area contributed by atoms with Crippen LogP contribution in [0.3, 0.4) is 0 Å². The summed E-state index contributed by atoms with van der Waals surface area (Å²) in [7, 11) is 5.13. The van der Waals surface area contributed by atoms with Crippen molar-refractivity contribution in [2.45, 2.75) is 25.4 Å². The number of benzene rings is 2. The molecular formula is C24H28N4O3. The second-order valence-corrected chi connectivity index (χ2v) is 8.19. The minimum atomic E-state index is -0.228. The van der Waals surface area contributed by atoms with E-state index in [4.69, 9.17) is 4.74 Å². The second kappa shape index (κ2) is 8.71. The van der Waals surface area contributed by atoms with Crippen LogP contribution in [-0.2, 0) is 11.3 Å². The van der Waals surface area contributed by atoms with E-state index in [1.807, 2.05) is 59.3 Å². The van der Waals surface area contributed by atoms with Gasteiger partial charge in [0.25, 0.3) is 0 Å². The lowest BCUT2D eigenvalue weighted by molar-refractivity contribution is -0.129. The average molecular weight is 421 g/mol. The lowest BCUT2D eigenvalue weighted by Crippen LogP contribution is -2.33. The zero-order chi connectivity index (χ0) is 22.0. The molecule has 1 atom stereocenters. The standard InChI is InChI=1S/C24H28N4O3/c1-27(2)22(29)15-28-13-12-18-14-19(8-11-21(18)28)25-24(30)26-23(16-4-5-16)17-6-9-20(31-3)10-7-17/h6-14,16,23H,4-5,15H2,1-3H3,(H2,25,26,30). The first-order chi connectivity index (χ1) is 14.9. The number of methoxy groups -OCH3 is 1. The van der Waals surface area contributed by atoms with Crippen molar-refractivity contribution in [2.75, 3.05) is 26.5 Å². The number of hydrogen-bond donors (Lipinski definition) is 2. The Balaban J connectivity index is 1.44. The number of nitrogens with one attached hydrogen (secondary N) is 2. The third-order valence-electron chi connectivity index (χ3n) is 5.69. The van der Waals surface area contributed by atoms with E-state index < -0.39 is 0 Å². The highest BCUT2D eigenvalue weighted by Gasteiger charge is 2.33. The normalized spacial score (nSPS) is 14.2. The SMILES string of the molecule is COc1ccc(C(NC(=O)Nc2ccc3c(ccn3CC(=O)N(C)C)c2)C2CC2)cc1. The summed E-state index contributed by atoms with van der Waals surface area (Å²) in [4.78, 5) is 26.3. The van der Waals surface area contributed by atoms with Gasteiger partial charge in [-0.1, -0.05) is 12.1 Å². The van der Waals surface area contributed by atoms with Crippen LogP contribution in [0.15, 0.2) is 54.7 Å². The molecule has 0 bridgehead atoms. The number of hydrogen-bond acceptors (Lipinski definition) is 3. The van der Waals surface area contributed by atoms with Crippen molar-refractivity contribution < 1.29 is 14.3 Å². The Morgan fingerprint density at radius 1 is 1.13 bits per heavy atom. The summed E-state index contributed by atoms with van der Waals surface area (Å²) in [5.74, 6) is 1.30. The van der Waals surface area contributed by atoms with Crippen molar-refractivity contribution in [1.29, 1.82) is 0 Å². The highest BCUT2D eigenvalue weighted by molar-refractivity contribution is 5.93. The van der Waals surface area contributed by atoms with Crippen molar-refractivity contribution in [3.63, 3.8) is 0 Å². The monoisotopic (exact) mass is 420 g/mol. The Bertz CT molecular complexity index is 1080. The van der Waals surface area contributed by atoms with Gasteiger partial charge >= 0.3 is 6.03 Å². The van der Waals surface area contributed by atoms with Gasteiger partial charge in [-0.3, -0.25) is 4.79 Å². The third-order valence-corrected chi connectivity index (χ3v) is 5.69. The zero-order valence-electron chi connectivity index (χ0n) is 18.1. The van der Waals surface area contributed by atoms with Crippen molar-refractivity contribution in [3.8, 4) is 5.75 Å². The van der Waals surface area contributed by atoms with Crippen LogP contribution < -0.4 is 15.4 Å². The Labute approximate surface area is 182 Å². The first-order valence-corrected chi connectivity index (χ1v) is 10.4. The smallest absolute Gasteiger partial charge is 0.319 e. The fourth-order valence-electron chi connectivity index (χ4n) is 3.73. The van der Waals surface area contributed by atoms with E-state index in [1.54, 1.807) is 26.1 Å². The van der Waals surface area contributed by atoms with Crippen LogP contribution in [0.1, 0.15) is 24.4 Å². The van der Waals surface area contributed by atoms with E-state index >= 15 is 0 Å². The fraction of sp³-hybridized carbons (Fsp3) is 0.333. The minimum Gasteiger partial charge on any atom is -0.497 e. The number of carbonyl (C=O) groups is 2. The van der Waals surface area contributed by atoms with Gasteiger partial charge in [-0.25, -0.2) is 4.79 Å². The molecule has 0 spiro atoms. The molecular weight excluding hydrogens is 392 g/mol. The number of likely N-dealkylation sites (N-methyl/N-ethyl adjacent to an activating group) is 1. The van der Waals surface area contributed by atoms with Gasteiger partial charge in [-0.2, -0.15) is 0 Å². The van der Waals surface area contributed by atoms with Crippen LogP contribution in [0.5, 0.6) is 5.75 Å². The lowest BCUT2D eigenvalue weighted by atomic mass is 10.0. The number of urea groups is 1. The number of anilines is 1. The van der Waals surface area contributed by atoms with Crippen molar-refractivity contribution >= 4 is 28.5 Å². The van der Waals surface area contributed by atoms with Crippen LogP contribution >= 0.6 is 0 Å². The Morgan fingerprint density at radius 2 is 1.87 bits per heavy atom. The summed E-state index contributed by atoms with van der Waals surface area (Å²) in [5, 5.41) is 7.05. The first kappa shape index (κ1) is 20.8. The number of aromatic nitrogens is 1. The summed E-state index contributed by atoms with van der Waals surface area (Å²) in [5.41, 5.74) is 2.75. The molecule has 1 heterocycles. The van der Waals surface area contributed by atoms with Crippen LogP contribution in [0, 0.1) is 5.92 Å². The van der Waals surface area contributed by atoms with E-state index in [0.717, 1.165) is 35.1 Å². The molecule has 1 aliphatic carbocycles. The largest absolute Gasteiger partial charge is 0.497 e. The Kier molecular flexibility index (Phi) is 5.84. The molecule has 7 heteroatoms. The molecule has 2 aromatic carbocycles. The molecule has 1 aromatic heterocycles. The molecule has 3 aromatic rings. The summed E-state index contributed by atoms with van der Waals surface area (Å²) in [6.07, 6.45) is 4.12. The topological polar surface area (TPSA) is 75.6 Å². The number of rotatable bonds is 7. The molecule has 4 rings (SSSR count). The maximum atomic E-state index is 12.7. The van der Waals surface area contributed by atoms with Gasteiger partial charge in [-0.15, -0.1) is 0 Å². The van der Waals surface area contributed by atoms with Crippen LogP contribution in [0.25, 0.3) is 10.9 Å². The molecule has 7 nitrogen and oxygen atoms in total. The molecule has 0 radical (unpaired) electrons. The van der Waals surface area contributed by atoms with Gasteiger partial charge in [0.05, 0.1) is 13.2 Å². The van der Waals surface area contributed by atoms with Crippen molar-refractivity contribution in [3.05, 3.63) is 60.3 Å². The molecule has 1 saturated carbocycles. The average Bonchev–Trinajstić information content (AvgIpc) is 3.53. The molecule has 2 N–H and O–H groups in total. The molecule has 1 fully saturated rings. The van der Waals surface area contributed by atoms with Gasteiger partial charge in [-0.05, 0) is 60.7 Å². The van der Waals surface area contributed by atoms with Crippen molar-refractivity contribution in [2.24, 2.45) is 5.92 Å². The molecule has 31 heavy (non-hydrogen) atoms. The maximum Gasteiger partial charge on any atom is 0.319 e. The van der Waals surface area contributed by atoms with E-state index in [-0.39, 0.29) is 24.5 Å². The van der Waals surface area contributed by atoms with Gasteiger partial charge < -0.3 is 24.8 Å². The van der Waals surface area contributed by atoms with Crippen LogP contribution in [0.4, 0.5) is 10.5 Å². The molecule has 0 aliphatic heterocycles. The summed E-state index contributed by atoms with van der Waals surface area (Å²) in [6.45, 7) is 0.286. The van der Waals surface area contributed by atoms with E-state index in [1.165, 1.54) is 0 Å². The van der Waals surface area contributed by atoms with Crippen molar-refractivity contribution in [1.82, 2.24) is 14.8 Å². The number of nitrogens with zero attached hydrogens (tertiary/aromatic N) is 2. The van der Waals surface area contributed by atoms with Gasteiger partial charge in [0.15, 0.2) is 0 Å². The molecule has 0 saturated heterocycles. The summed E-state index contributed by atoms with van der Waals surface area (Å²) < 4.78 is 7.14. The Hall–Kier alpha value is -3.48. The Morgan fingerprint density at radius 3 is 2.52 bits per heavy atom. The fourth-order valence-corrected chi connectivity index (χ4v) is 3.73. The highest BCUT2D eigenvalue weighted by Crippen LogP contribution is 2.41. The predicted octanol–water partition coefficient (Wildman–Crippen LogP) is 4.01. The second-order valence-electron chi connectivity index (χ2n) is 8.19. The van der Waals surface area contributed by atoms with Gasteiger partial charge in [0.2, 0.25) is 5.91 Å². The quantitative estimate of drug-likeness (QED) is 0.606. The number of fused-ring (bicyclic) bond motifs is 1. The predicted molar refractivity (Wildman–Crippen MR) is 121 cm³/mol. The first-order valence-electron chi connectivity index (χ1n) is 10.4. The summed E-state index contributed by atoms with van der Waals surface area (Å²) >= 11 is 0. The number of ether oxygens (including phenoxy) is 1. The molecule has 162 valence electrons. The van der Waals surface area contributed by atoms with Crippen LogP contribution in [0.2, 0.25) is 0 Å². The lowest BCUT2D eigenvalue weighted by Gasteiger charge is -2.19. The number of amides is 3. The van der Waals surface area contributed by atoms with Crippen LogP contribution in [-0.4, -0.2) is 42.6 Å². The maximum absolute atomic E-state index is 12.7. The van der Waals surface area contributed by atoms with E-state index in [2.05, 4.69) is 10.6 Å². The zero-order valence-corrected chi connectivity index (χ0v) is 18.1. The van der Waals surface area contributed by atoms with E-state index in [9.17, 15) is 9.59 Å². The number of carbonyl (C=O) groups excluding carboxylic acids is 2. The molecule has 1 unspecified atom stereocenters. The molecule has 1 aliphatic rings. The van der Waals surface area contributed by atoms with Gasteiger partial charge in [0.1, 0.15) is 12.3 Å². The molecule has 3 amide bonds. The summed E-state index contributed by atoms with van der Waals surface area (Å²) in [6, 6.07) is 15.3. The van der Waals surface area contributed by atoms with E-state index in [0.29, 0.717) is 11.6 Å². The minimum absolute atomic E-state index is 0.0206. The third kappa shape index (κ3) is 4.82.